The van der Waals surface area contributed by atoms with Crippen LogP contribution >= 0.6 is 24.0 Å². The molecule has 1 amide bonds. The third-order valence-electron chi connectivity index (χ3n) is 3.74. The van der Waals surface area contributed by atoms with Crippen molar-refractivity contribution in [2.24, 2.45) is 5.73 Å². The van der Waals surface area contributed by atoms with E-state index in [1.807, 2.05) is 13.8 Å². The molecule has 0 heterocycles. The number of carbonyl (C=O) groups excluding carboxylic acids is 1. The summed E-state index contributed by atoms with van der Waals surface area (Å²) in [5.74, 6) is 0.593. The summed E-state index contributed by atoms with van der Waals surface area (Å²) in [6.45, 7) is 4.48. The first-order valence-corrected chi connectivity index (χ1v) is 7.21. The van der Waals surface area contributed by atoms with Gasteiger partial charge >= 0.3 is 0 Å². The summed E-state index contributed by atoms with van der Waals surface area (Å²) in [4.78, 5) is 12.2. The van der Waals surface area contributed by atoms with Gasteiger partial charge in [-0.1, -0.05) is 25.4 Å². The molecule has 0 saturated heterocycles. The minimum atomic E-state index is -0.330. The fourth-order valence-corrected chi connectivity index (χ4v) is 2.36. The number of nitrogens with two attached hydrogens (primary N) is 1. The van der Waals surface area contributed by atoms with Crippen LogP contribution in [-0.4, -0.2) is 25.1 Å². The molecule has 0 atom stereocenters. The molecule has 0 saturated carbocycles. The molecule has 6 heteroatoms. The van der Waals surface area contributed by atoms with Gasteiger partial charge in [-0.2, -0.15) is 0 Å². The number of rotatable bonds is 7. The van der Waals surface area contributed by atoms with E-state index in [4.69, 9.17) is 22.1 Å². The highest BCUT2D eigenvalue weighted by molar-refractivity contribution is 6.30. The number of hydrogen-bond donors (Lipinski definition) is 2. The molecule has 0 radical (unpaired) electrons. The monoisotopic (exact) mass is 334 g/mol. The molecule has 1 aromatic rings. The lowest BCUT2D eigenvalue weighted by molar-refractivity contribution is -0.122. The van der Waals surface area contributed by atoms with Crippen molar-refractivity contribution in [3.63, 3.8) is 0 Å². The summed E-state index contributed by atoms with van der Waals surface area (Å²) in [6.07, 6.45) is 1.84. The maximum absolute atomic E-state index is 12.2. The van der Waals surface area contributed by atoms with Gasteiger partial charge in [-0.25, -0.2) is 0 Å². The second-order valence-corrected chi connectivity index (χ2v) is 5.31. The molecule has 0 aromatic heterocycles. The minimum absolute atomic E-state index is 0. The van der Waals surface area contributed by atoms with E-state index in [0.717, 1.165) is 18.4 Å². The predicted molar refractivity (Wildman–Crippen MR) is 89.5 cm³/mol. The Morgan fingerprint density at radius 3 is 2.48 bits per heavy atom. The number of halogens is 2. The molecule has 0 spiro atoms. The smallest absolute Gasteiger partial charge is 0.225 e. The van der Waals surface area contributed by atoms with Crippen LogP contribution < -0.4 is 15.8 Å². The van der Waals surface area contributed by atoms with E-state index in [1.165, 1.54) is 0 Å². The van der Waals surface area contributed by atoms with Gasteiger partial charge in [0, 0.05) is 17.1 Å². The molecular weight excluding hydrogens is 311 g/mol. The average molecular weight is 335 g/mol. The first-order valence-electron chi connectivity index (χ1n) is 6.83. The van der Waals surface area contributed by atoms with Crippen molar-refractivity contribution in [1.29, 1.82) is 0 Å². The fraction of sp³-hybridized carbons (Fsp3) is 0.533. The second-order valence-electron chi connectivity index (χ2n) is 4.87. The van der Waals surface area contributed by atoms with E-state index >= 15 is 0 Å². The third kappa shape index (κ3) is 5.38. The maximum Gasteiger partial charge on any atom is 0.225 e. The summed E-state index contributed by atoms with van der Waals surface area (Å²) in [5, 5.41) is 3.62. The second kappa shape index (κ2) is 9.13. The molecule has 0 aliphatic rings. The predicted octanol–water partition coefficient (Wildman–Crippen LogP) is 2.95. The lowest BCUT2D eigenvalue weighted by atomic mass is 9.92. The van der Waals surface area contributed by atoms with Crippen LogP contribution in [0.4, 0.5) is 0 Å². The van der Waals surface area contributed by atoms with Crippen molar-refractivity contribution < 1.29 is 9.53 Å². The van der Waals surface area contributed by atoms with E-state index in [2.05, 4.69) is 5.32 Å². The number of benzene rings is 1. The van der Waals surface area contributed by atoms with E-state index in [-0.39, 0.29) is 30.3 Å². The van der Waals surface area contributed by atoms with Gasteiger partial charge in [-0.3, -0.25) is 4.79 Å². The Hall–Kier alpha value is -0.970. The van der Waals surface area contributed by atoms with Crippen molar-refractivity contribution in [1.82, 2.24) is 5.32 Å². The van der Waals surface area contributed by atoms with Gasteiger partial charge in [0.25, 0.3) is 0 Å². The first-order chi connectivity index (χ1) is 9.50. The minimum Gasteiger partial charge on any atom is -0.496 e. The summed E-state index contributed by atoms with van der Waals surface area (Å²) >= 11 is 5.96. The third-order valence-corrected chi connectivity index (χ3v) is 3.98. The Morgan fingerprint density at radius 2 is 2.00 bits per heavy atom. The van der Waals surface area contributed by atoms with Gasteiger partial charge in [-0.15, -0.1) is 12.4 Å². The van der Waals surface area contributed by atoms with Gasteiger partial charge < -0.3 is 15.8 Å². The van der Waals surface area contributed by atoms with Crippen LogP contribution in [0.1, 0.15) is 32.3 Å². The summed E-state index contributed by atoms with van der Waals surface area (Å²) in [5.41, 5.74) is 6.23. The summed E-state index contributed by atoms with van der Waals surface area (Å²) in [7, 11) is 1.58. The highest BCUT2D eigenvalue weighted by Crippen LogP contribution is 2.23. The van der Waals surface area contributed by atoms with Crippen LogP contribution in [0.15, 0.2) is 18.2 Å². The average Bonchev–Trinajstić information content (AvgIpc) is 2.45. The Bertz CT molecular complexity index is 455. The summed E-state index contributed by atoms with van der Waals surface area (Å²) < 4.78 is 5.25. The van der Waals surface area contributed by atoms with E-state index < -0.39 is 0 Å². The molecule has 1 rings (SSSR count). The molecule has 3 N–H and O–H groups in total. The largest absolute Gasteiger partial charge is 0.496 e. The van der Waals surface area contributed by atoms with E-state index in [9.17, 15) is 4.79 Å². The van der Waals surface area contributed by atoms with Crippen LogP contribution in [0.5, 0.6) is 5.75 Å². The fourth-order valence-electron chi connectivity index (χ4n) is 2.16. The van der Waals surface area contributed by atoms with Gasteiger partial charge in [0.2, 0.25) is 5.91 Å². The maximum atomic E-state index is 12.2. The topological polar surface area (TPSA) is 64.3 Å². The zero-order valence-corrected chi connectivity index (χ0v) is 14.3. The number of methoxy groups -OCH3 is 1. The molecule has 0 fully saturated rings. The molecule has 0 aliphatic heterocycles. The highest BCUT2D eigenvalue weighted by atomic mass is 35.5. The van der Waals surface area contributed by atoms with Crippen LogP contribution in [0.25, 0.3) is 0 Å². The number of hydrogen-bond acceptors (Lipinski definition) is 3. The Balaban J connectivity index is 0.00000400. The number of carbonyl (C=O) groups is 1. The first kappa shape index (κ1) is 20.0. The molecule has 4 nitrogen and oxygen atoms in total. The van der Waals surface area contributed by atoms with Gasteiger partial charge in [0.05, 0.1) is 19.1 Å². The van der Waals surface area contributed by atoms with E-state index in [0.29, 0.717) is 17.3 Å². The molecule has 0 bridgehead atoms. The lowest BCUT2D eigenvalue weighted by Crippen LogP contribution is -2.53. The van der Waals surface area contributed by atoms with Gasteiger partial charge in [-0.05, 0) is 31.0 Å². The highest BCUT2D eigenvalue weighted by Gasteiger charge is 2.26. The molecular formula is C15H24Cl2N2O2. The molecule has 1 aromatic carbocycles. The number of ether oxygens (including phenoxy) is 1. The molecule has 120 valence electrons. The quantitative estimate of drug-likeness (QED) is 0.805. The Morgan fingerprint density at radius 1 is 1.38 bits per heavy atom. The van der Waals surface area contributed by atoms with Crippen molar-refractivity contribution in [3.8, 4) is 5.75 Å². The summed E-state index contributed by atoms with van der Waals surface area (Å²) in [6, 6.07) is 5.26. The van der Waals surface area contributed by atoms with Crippen LogP contribution in [0, 0.1) is 0 Å². The van der Waals surface area contributed by atoms with Gasteiger partial charge in [0.1, 0.15) is 5.75 Å². The van der Waals surface area contributed by atoms with Crippen LogP contribution in [0.3, 0.4) is 0 Å². The van der Waals surface area contributed by atoms with Crippen LogP contribution in [-0.2, 0) is 11.2 Å². The Kier molecular flexibility index (Phi) is 8.71. The zero-order chi connectivity index (χ0) is 15.2. The SMILES string of the molecule is CCC(CC)(CN)NC(=O)Cc1cc(Cl)ccc1OC.Cl. The lowest BCUT2D eigenvalue weighted by Gasteiger charge is -2.31. The number of nitrogens with one attached hydrogen (secondary N) is 1. The van der Waals surface area contributed by atoms with E-state index in [1.54, 1.807) is 25.3 Å². The van der Waals surface area contributed by atoms with Crippen molar-refractivity contribution >= 4 is 29.9 Å². The Labute approximate surface area is 137 Å². The normalized spacial score (nSPS) is 10.7. The zero-order valence-electron chi connectivity index (χ0n) is 12.7. The molecule has 21 heavy (non-hydrogen) atoms. The standard InChI is InChI=1S/C15H23ClN2O2.ClH/c1-4-15(5-2,10-17)18-14(19)9-11-8-12(16)6-7-13(11)20-3;/h6-8H,4-5,9-10,17H2,1-3H3,(H,18,19);1H. The molecule has 0 aliphatic carbocycles. The van der Waals surface area contributed by atoms with Crippen molar-refractivity contribution in [3.05, 3.63) is 28.8 Å². The van der Waals surface area contributed by atoms with Crippen molar-refractivity contribution in [2.45, 2.75) is 38.6 Å². The van der Waals surface area contributed by atoms with Crippen molar-refractivity contribution in [2.75, 3.05) is 13.7 Å². The van der Waals surface area contributed by atoms with Crippen LogP contribution in [0.2, 0.25) is 5.02 Å². The molecule has 0 unspecified atom stereocenters. The number of amides is 1. The van der Waals surface area contributed by atoms with Gasteiger partial charge in [0.15, 0.2) is 0 Å².